The summed E-state index contributed by atoms with van der Waals surface area (Å²) in [4.78, 5) is 13.6. The van der Waals surface area contributed by atoms with Crippen LogP contribution in [0, 0.1) is 0 Å². The van der Waals surface area contributed by atoms with Gasteiger partial charge in [-0.05, 0) is 48.0 Å². The smallest absolute Gasteiger partial charge is 0.321 e. The summed E-state index contributed by atoms with van der Waals surface area (Å²) in [5, 5.41) is 8.17. The van der Waals surface area contributed by atoms with Crippen molar-refractivity contribution in [1.82, 2.24) is 5.32 Å². The third-order valence-corrected chi connectivity index (χ3v) is 5.53. The maximum atomic E-state index is 12.2. The van der Waals surface area contributed by atoms with Gasteiger partial charge in [0.15, 0.2) is 0 Å². The highest BCUT2D eigenvalue weighted by molar-refractivity contribution is 7.89. The summed E-state index contributed by atoms with van der Waals surface area (Å²) in [7, 11) is -3.97. The van der Waals surface area contributed by atoms with Crippen molar-refractivity contribution in [2.75, 3.05) is 18.0 Å². The molecule has 148 valence electrons. The van der Waals surface area contributed by atoms with Crippen molar-refractivity contribution in [2.45, 2.75) is 4.90 Å². The molecule has 0 radical (unpaired) electrons. The fourth-order valence-electron chi connectivity index (χ4n) is 3.23. The SMILES string of the molecule is NS(=O)(=O)c1ccc(N2CCNC2=O)cc1-c1cccc(Oc2ccccc2)c1. The standard InChI is InChI=1S/C21H19N3O4S/c22-29(26,27)20-10-9-16(24-12-11-23-21(24)25)14-19(20)15-5-4-8-18(13-15)28-17-6-2-1-3-7-17/h1-10,13-14H,11-12H2,(H,23,25)(H2,22,26,27). The molecule has 0 bridgehead atoms. The lowest BCUT2D eigenvalue weighted by molar-refractivity contribution is 0.252. The van der Waals surface area contributed by atoms with Crippen LogP contribution in [0.4, 0.5) is 10.5 Å². The van der Waals surface area contributed by atoms with Gasteiger partial charge in [-0.2, -0.15) is 0 Å². The average molecular weight is 409 g/mol. The van der Waals surface area contributed by atoms with Crippen molar-refractivity contribution in [3.63, 3.8) is 0 Å². The van der Waals surface area contributed by atoms with E-state index in [1.165, 1.54) is 6.07 Å². The van der Waals surface area contributed by atoms with Gasteiger partial charge in [-0.3, -0.25) is 4.90 Å². The molecule has 3 aromatic rings. The molecule has 1 fully saturated rings. The van der Waals surface area contributed by atoms with Crippen LogP contribution in [0.5, 0.6) is 11.5 Å². The molecule has 0 spiro atoms. The molecule has 29 heavy (non-hydrogen) atoms. The zero-order chi connectivity index (χ0) is 20.4. The number of carbonyl (C=O) groups is 1. The van der Waals surface area contributed by atoms with Crippen LogP contribution in [-0.2, 0) is 10.0 Å². The number of hydrogen-bond acceptors (Lipinski definition) is 4. The molecule has 2 amide bonds. The molecule has 1 aliphatic rings. The van der Waals surface area contributed by atoms with E-state index < -0.39 is 10.0 Å². The highest BCUT2D eigenvalue weighted by Gasteiger charge is 2.24. The normalized spacial score (nSPS) is 14.0. The van der Waals surface area contributed by atoms with Crippen molar-refractivity contribution in [3.05, 3.63) is 72.8 Å². The second-order valence-electron chi connectivity index (χ2n) is 6.55. The van der Waals surface area contributed by atoms with E-state index in [0.29, 0.717) is 41.4 Å². The molecule has 1 saturated heterocycles. The van der Waals surface area contributed by atoms with E-state index in [1.54, 1.807) is 41.3 Å². The number of anilines is 1. The van der Waals surface area contributed by atoms with Crippen LogP contribution in [0.25, 0.3) is 11.1 Å². The number of carbonyl (C=O) groups excluding carboxylic acids is 1. The molecule has 0 saturated carbocycles. The number of para-hydroxylation sites is 1. The van der Waals surface area contributed by atoms with Crippen molar-refractivity contribution >= 4 is 21.7 Å². The Morgan fingerprint density at radius 3 is 2.38 bits per heavy atom. The highest BCUT2D eigenvalue weighted by Crippen LogP contribution is 2.34. The predicted molar refractivity (Wildman–Crippen MR) is 111 cm³/mol. The Hall–Kier alpha value is -3.36. The van der Waals surface area contributed by atoms with Crippen LogP contribution in [-0.4, -0.2) is 27.5 Å². The Balaban J connectivity index is 1.78. The van der Waals surface area contributed by atoms with E-state index in [1.807, 2.05) is 30.3 Å². The van der Waals surface area contributed by atoms with E-state index in [2.05, 4.69) is 5.32 Å². The Labute approximate surface area is 168 Å². The zero-order valence-electron chi connectivity index (χ0n) is 15.4. The van der Waals surface area contributed by atoms with Crippen molar-refractivity contribution < 1.29 is 17.9 Å². The van der Waals surface area contributed by atoms with Gasteiger partial charge in [-0.15, -0.1) is 0 Å². The fraction of sp³-hybridized carbons (Fsp3) is 0.0952. The number of urea groups is 1. The summed E-state index contributed by atoms with van der Waals surface area (Å²) in [6, 6.07) is 20.8. The first kappa shape index (κ1) is 19.0. The third kappa shape index (κ3) is 4.08. The Kier molecular flexibility index (Phi) is 4.96. The van der Waals surface area contributed by atoms with Crippen molar-refractivity contribution in [3.8, 4) is 22.6 Å². The molecular formula is C21H19N3O4S. The molecule has 1 heterocycles. The predicted octanol–water partition coefficient (Wildman–Crippen LogP) is 3.32. The maximum absolute atomic E-state index is 12.2. The lowest BCUT2D eigenvalue weighted by atomic mass is 10.0. The summed E-state index contributed by atoms with van der Waals surface area (Å²) in [5.41, 5.74) is 1.61. The van der Waals surface area contributed by atoms with Gasteiger partial charge in [-0.1, -0.05) is 30.3 Å². The second-order valence-corrected chi connectivity index (χ2v) is 8.08. The molecule has 3 N–H and O–H groups in total. The summed E-state index contributed by atoms with van der Waals surface area (Å²) < 4.78 is 30.2. The minimum atomic E-state index is -3.97. The number of rotatable bonds is 5. The molecular weight excluding hydrogens is 390 g/mol. The average Bonchev–Trinajstić information content (AvgIpc) is 3.14. The Morgan fingerprint density at radius 2 is 1.69 bits per heavy atom. The quantitative estimate of drug-likeness (QED) is 0.675. The van der Waals surface area contributed by atoms with E-state index in [4.69, 9.17) is 9.88 Å². The number of benzene rings is 3. The fourth-order valence-corrected chi connectivity index (χ4v) is 3.97. The third-order valence-electron chi connectivity index (χ3n) is 4.56. The number of amides is 2. The first-order valence-corrected chi connectivity index (χ1v) is 10.5. The van der Waals surface area contributed by atoms with Crippen LogP contribution in [0.2, 0.25) is 0 Å². The minimum absolute atomic E-state index is 0.0160. The van der Waals surface area contributed by atoms with E-state index >= 15 is 0 Å². The first-order valence-electron chi connectivity index (χ1n) is 8.97. The minimum Gasteiger partial charge on any atom is -0.457 e. The Morgan fingerprint density at radius 1 is 0.931 bits per heavy atom. The maximum Gasteiger partial charge on any atom is 0.321 e. The van der Waals surface area contributed by atoms with Gasteiger partial charge in [0, 0.05) is 24.3 Å². The highest BCUT2D eigenvalue weighted by atomic mass is 32.2. The van der Waals surface area contributed by atoms with Crippen molar-refractivity contribution in [1.29, 1.82) is 0 Å². The van der Waals surface area contributed by atoms with E-state index in [0.717, 1.165) is 0 Å². The second kappa shape index (κ2) is 7.57. The van der Waals surface area contributed by atoms with E-state index in [-0.39, 0.29) is 10.9 Å². The van der Waals surface area contributed by atoms with Gasteiger partial charge in [0.2, 0.25) is 10.0 Å². The summed E-state index contributed by atoms with van der Waals surface area (Å²) in [6.07, 6.45) is 0. The van der Waals surface area contributed by atoms with Gasteiger partial charge in [0.05, 0.1) is 4.90 Å². The van der Waals surface area contributed by atoms with Crippen LogP contribution >= 0.6 is 0 Å². The number of sulfonamides is 1. The molecule has 0 aromatic heterocycles. The van der Waals surface area contributed by atoms with Gasteiger partial charge in [0.25, 0.3) is 0 Å². The molecule has 0 unspecified atom stereocenters. The molecule has 8 heteroatoms. The molecule has 4 rings (SSSR count). The molecule has 3 aromatic carbocycles. The number of ether oxygens (including phenoxy) is 1. The van der Waals surface area contributed by atoms with Crippen LogP contribution in [0.15, 0.2) is 77.7 Å². The summed E-state index contributed by atoms with van der Waals surface area (Å²) in [5.74, 6) is 1.22. The van der Waals surface area contributed by atoms with Gasteiger partial charge < -0.3 is 10.1 Å². The number of nitrogens with zero attached hydrogens (tertiary/aromatic N) is 1. The molecule has 0 atom stereocenters. The van der Waals surface area contributed by atoms with Gasteiger partial charge >= 0.3 is 6.03 Å². The Bertz CT molecular complexity index is 1160. The zero-order valence-corrected chi connectivity index (χ0v) is 16.2. The lowest BCUT2D eigenvalue weighted by Crippen LogP contribution is -2.27. The van der Waals surface area contributed by atoms with Crippen molar-refractivity contribution in [2.24, 2.45) is 5.14 Å². The number of primary sulfonamides is 1. The lowest BCUT2D eigenvalue weighted by Gasteiger charge is -2.17. The number of hydrogen-bond donors (Lipinski definition) is 2. The van der Waals surface area contributed by atoms with E-state index in [9.17, 15) is 13.2 Å². The monoisotopic (exact) mass is 409 g/mol. The molecule has 7 nitrogen and oxygen atoms in total. The first-order chi connectivity index (χ1) is 13.9. The molecule has 1 aliphatic heterocycles. The topological polar surface area (TPSA) is 102 Å². The van der Waals surface area contributed by atoms with Crippen LogP contribution < -0.4 is 20.1 Å². The number of nitrogens with two attached hydrogens (primary N) is 1. The summed E-state index contributed by atoms with van der Waals surface area (Å²) >= 11 is 0. The number of nitrogens with one attached hydrogen (secondary N) is 1. The largest absolute Gasteiger partial charge is 0.457 e. The van der Waals surface area contributed by atoms with Gasteiger partial charge in [-0.25, -0.2) is 18.4 Å². The molecule has 0 aliphatic carbocycles. The van der Waals surface area contributed by atoms with Crippen LogP contribution in [0.1, 0.15) is 0 Å². The van der Waals surface area contributed by atoms with Crippen LogP contribution in [0.3, 0.4) is 0 Å². The summed E-state index contributed by atoms with van der Waals surface area (Å²) in [6.45, 7) is 1.04. The van der Waals surface area contributed by atoms with Gasteiger partial charge in [0.1, 0.15) is 11.5 Å².